The molecule has 0 radical (unpaired) electrons. The molecule has 160 valence electrons. The van der Waals surface area contributed by atoms with E-state index in [0.717, 1.165) is 35.5 Å². The fourth-order valence-electron chi connectivity index (χ4n) is 5.26. The van der Waals surface area contributed by atoms with E-state index in [9.17, 15) is 0 Å². The summed E-state index contributed by atoms with van der Waals surface area (Å²) in [7, 11) is 0. The Bertz CT molecular complexity index is 1250. The number of fused-ring (bicyclic) bond motifs is 2. The third kappa shape index (κ3) is 3.32. The molecular weight excluding hydrogens is 388 g/mol. The first-order valence-electron chi connectivity index (χ1n) is 11.3. The van der Waals surface area contributed by atoms with Crippen molar-refractivity contribution in [3.05, 3.63) is 47.5 Å². The number of aromatic nitrogens is 5. The second-order valence-corrected chi connectivity index (χ2v) is 9.21. The van der Waals surface area contributed by atoms with Crippen LogP contribution in [-0.2, 0) is 4.74 Å². The molecule has 1 aromatic carbocycles. The maximum atomic E-state index is 5.30. The Morgan fingerprint density at radius 2 is 1.87 bits per heavy atom. The van der Waals surface area contributed by atoms with Gasteiger partial charge in [0, 0.05) is 29.1 Å². The Balaban J connectivity index is 1.28. The minimum atomic E-state index is 0.531. The van der Waals surface area contributed by atoms with E-state index >= 15 is 0 Å². The molecule has 1 saturated carbocycles. The zero-order chi connectivity index (χ0) is 20.9. The number of pyridine rings is 1. The van der Waals surface area contributed by atoms with Crippen molar-refractivity contribution in [1.82, 2.24) is 30.1 Å². The first-order valence-corrected chi connectivity index (χ1v) is 11.3. The molecule has 6 rings (SSSR count). The summed E-state index contributed by atoms with van der Waals surface area (Å²) in [5.41, 5.74) is 7.99. The molecular formula is C24H28N6O. The minimum Gasteiger partial charge on any atom is -0.378 e. The van der Waals surface area contributed by atoms with Gasteiger partial charge in [-0.3, -0.25) is 5.10 Å². The van der Waals surface area contributed by atoms with Gasteiger partial charge < -0.3 is 10.1 Å². The summed E-state index contributed by atoms with van der Waals surface area (Å²) in [4.78, 5) is 4.33. The van der Waals surface area contributed by atoms with Crippen LogP contribution in [0.1, 0.15) is 48.4 Å². The van der Waals surface area contributed by atoms with Gasteiger partial charge in [0.2, 0.25) is 0 Å². The Labute approximate surface area is 181 Å². The van der Waals surface area contributed by atoms with Crippen molar-refractivity contribution in [2.24, 2.45) is 0 Å². The quantitative estimate of drug-likeness (QED) is 0.527. The summed E-state index contributed by atoms with van der Waals surface area (Å²) in [6.45, 7) is 6.01. The van der Waals surface area contributed by atoms with Crippen molar-refractivity contribution in [2.45, 2.75) is 57.5 Å². The molecule has 1 saturated heterocycles. The molecule has 2 aliphatic rings. The first kappa shape index (κ1) is 19.0. The molecule has 0 atom stereocenters. The standard InChI is InChI=1S/C24H28N6O/c1-14-8-21-22(9-20(14)17-7-15(2)24-25-13-26-30(24)10-17)28-29-23(21)16-3-5-18(6-4-16)27-19-11-31-12-19/h7-10,13,16,18-19,27H,3-6,11-12H2,1-2H3,(H,28,29). The molecule has 1 aliphatic heterocycles. The molecule has 0 amide bonds. The van der Waals surface area contributed by atoms with Gasteiger partial charge in [0.05, 0.1) is 30.5 Å². The van der Waals surface area contributed by atoms with Crippen molar-refractivity contribution < 1.29 is 4.74 Å². The summed E-state index contributed by atoms with van der Waals surface area (Å²) in [6, 6.07) is 7.92. The van der Waals surface area contributed by atoms with Crippen LogP contribution in [0, 0.1) is 13.8 Å². The van der Waals surface area contributed by atoms with Crippen LogP contribution >= 0.6 is 0 Å². The lowest BCUT2D eigenvalue weighted by atomic mass is 9.82. The van der Waals surface area contributed by atoms with E-state index in [4.69, 9.17) is 9.84 Å². The number of aromatic amines is 1. The van der Waals surface area contributed by atoms with Crippen molar-refractivity contribution >= 4 is 16.6 Å². The molecule has 2 fully saturated rings. The lowest BCUT2D eigenvalue weighted by Crippen LogP contribution is -2.51. The van der Waals surface area contributed by atoms with Gasteiger partial charge in [-0.05, 0) is 74.4 Å². The summed E-state index contributed by atoms with van der Waals surface area (Å²) >= 11 is 0. The van der Waals surface area contributed by atoms with Crippen LogP contribution in [-0.4, -0.2) is 50.1 Å². The van der Waals surface area contributed by atoms with Crippen molar-refractivity contribution in [3.63, 3.8) is 0 Å². The average Bonchev–Trinajstić information content (AvgIpc) is 3.37. The monoisotopic (exact) mass is 416 g/mol. The van der Waals surface area contributed by atoms with E-state index in [1.165, 1.54) is 47.9 Å². The molecule has 4 aromatic rings. The highest BCUT2D eigenvalue weighted by Gasteiger charge is 2.28. The average molecular weight is 417 g/mol. The topological polar surface area (TPSA) is 80.1 Å². The molecule has 1 aliphatic carbocycles. The smallest absolute Gasteiger partial charge is 0.158 e. The summed E-state index contributed by atoms with van der Waals surface area (Å²) in [6.07, 6.45) is 8.46. The maximum absolute atomic E-state index is 5.30. The zero-order valence-corrected chi connectivity index (χ0v) is 18.1. The highest BCUT2D eigenvalue weighted by Crippen LogP contribution is 2.37. The predicted molar refractivity (Wildman–Crippen MR) is 120 cm³/mol. The highest BCUT2D eigenvalue weighted by molar-refractivity contribution is 5.88. The van der Waals surface area contributed by atoms with Gasteiger partial charge in [-0.15, -0.1) is 0 Å². The van der Waals surface area contributed by atoms with Crippen LogP contribution in [0.5, 0.6) is 0 Å². The molecule has 7 nitrogen and oxygen atoms in total. The Hall–Kier alpha value is -2.77. The van der Waals surface area contributed by atoms with Gasteiger partial charge in [-0.2, -0.15) is 10.2 Å². The second kappa shape index (κ2) is 7.43. The second-order valence-electron chi connectivity index (χ2n) is 9.21. The van der Waals surface area contributed by atoms with Gasteiger partial charge in [0.1, 0.15) is 6.33 Å². The number of hydrogen-bond acceptors (Lipinski definition) is 5. The van der Waals surface area contributed by atoms with Gasteiger partial charge in [0.25, 0.3) is 0 Å². The highest BCUT2D eigenvalue weighted by atomic mass is 16.5. The normalized spacial score (nSPS) is 22.3. The number of ether oxygens (including phenoxy) is 1. The Morgan fingerprint density at radius 1 is 1.03 bits per heavy atom. The fraction of sp³-hybridized carbons (Fsp3) is 0.458. The molecule has 0 unspecified atom stereocenters. The van der Waals surface area contributed by atoms with Crippen molar-refractivity contribution in [1.29, 1.82) is 0 Å². The van der Waals surface area contributed by atoms with E-state index < -0.39 is 0 Å². The third-order valence-corrected chi connectivity index (χ3v) is 7.03. The van der Waals surface area contributed by atoms with Crippen molar-refractivity contribution in [2.75, 3.05) is 13.2 Å². The van der Waals surface area contributed by atoms with Crippen LogP contribution in [0.25, 0.3) is 27.7 Å². The molecule has 3 aromatic heterocycles. The zero-order valence-electron chi connectivity index (χ0n) is 18.1. The Kier molecular flexibility index (Phi) is 4.54. The third-order valence-electron chi connectivity index (χ3n) is 7.03. The SMILES string of the molecule is Cc1cc2c(C3CCC(NC4COC4)CC3)n[nH]c2cc1-c1cc(C)c2ncnn2c1. The molecule has 7 heteroatoms. The number of aryl methyl sites for hydroxylation is 2. The first-order chi connectivity index (χ1) is 15.2. The van der Waals surface area contributed by atoms with E-state index in [1.54, 1.807) is 6.33 Å². The van der Waals surface area contributed by atoms with Crippen LogP contribution < -0.4 is 5.32 Å². The van der Waals surface area contributed by atoms with Gasteiger partial charge in [0.15, 0.2) is 5.65 Å². The molecule has 0 spiro atoms. The van der Waals surface area contributed by atoms with Crippen LogP contribution in [0.3, 0.4) is 0 Å². The van der Waals surface area contributed by atoms with Crippen LogP contribution in [0.4, 0.5) is 0 Å². The van der Waals surface area contributed by atoms with E-state index in [1.807, 2.05) is 4.52 Å². The summed E-state index contributed by atoms with van der Waals surface area (Å²) in [5, 5.41) is 17.4. The fourth-order valence-corrected chi connectivity index (χ4v) is 5.26. The van der Waals surface area contributed by atoms with E-state index in [-0.39, 0.29) is 0 Å². The van der Waals surface area contributed by atoms with Gasteiger partial charge in [-0.1, -0.05) is 0 Å². The van der Waals surface area contributed by atoms with E-state index in [2.05, 4.69) is 58.7 Å². The molecule has 4 heterocycles. The van der Waals surface area contributed by atoms with Gasteiger partial charge in [-0.25, -0.2) is 9.50 Å². The number of benzene rings is 1. The number of hydrogen-bond donors (Lipinski definition) is 2. The lowest BCUT2D eigenvalue weighted by molar-refractivity contribution is -0.0121. The summed E-state index contributed by atoms with van der Waals surface area (Å²) in [5.74, 6) is 0.531. The van der Waals surface area contributed by atoms with E-state index in [0.29, 0.717) is 18.0 Å². The minimum absolute atomic E-state index is 0.531. The number of nitrogens with zero attached hydrogens (tertiary/aromatic N) is 4. The van der Waals surface area contributed by atoms with Crippen molar-refractivity contribution in [3.8, 4) is 11.1 Å². The summed E-state index contributed by atoms with van der Waals surface area (Å²) < 4.78 is 7.15. The molecule has 0 bridgehead atoms. The molecule has 2 N–H and O–H groups in total. The maximum Gasteiger partial charge on any atom is 0.158 e. The van der Waals surface area contributed by atoms with Crippen LogP contribution in [0.2, 0.25) is 0 Å². The van der Waals surface area contributed by atoms with Crippen LogP contribution in [0.15, 0.2) is 30.7 Å². The molecule has 31 heavy (non-hydrogen) atoms. The lowest BCUT2D eigenvalue weighted by Gasteiger charge is -2.35. The number of H-pyrrole nitrogens is 1. The van der Waals surface area contributed by atoms with Gasteiger partial charge >= 0.3 is 0 Å². The number of nitrogens with one attached hydrogen (secondary N) is 2. The predicted octanol–water partition coefficient (Wildman–Crippen LogP) is 3.90. The number of rotatable bonds is 4. The Morgan fingerprint density at radius 3 is 2.65 bits per heavy atom. The largest absolute Gasteiger partial charge is 0.378 e.